The van der Waals surface area contributed by atoms with Crippen LogP contribution in [0, 0.1) is 13.8 Å². The average Bonchev–Trinajstić information content (AvgIpc) is 3.00. The van der Waals surface area contributed by atoms with Gasteiger partial charge in [-0.1, -0.05) is 29.5 Å². The molecular weight excluding hydrogens is 356 g/mol. The van der Waals surface area contributed by atoms with Crippen LogP contribution < -0.4 is 10.6 Å². The van der Waals surface area contributed by atoms with Crippen LogP contribution in [0.2, 0.25) is 0 Å². The number of amides is 2. The Hall–Kier alpha value is -2.81. The number of aromatic nitrogens is 2. The number of hydrogen-bond donors (Lipinski definition) is 2. The number of rotatable bonds is 8. The van der Waals surface area contributed by atoms with Crippen molar-refractivity contribution in [2.45, 2.75) is 33.1 Å². The number of aryl methyl sites for hydroxylation is 2. The largest absolute Gasteiger partial charge is 0.456 e. The van der Waals surface area contributed by atoms with Gasteiger partial charge in [0, 0.05) is 18.5 Å². The van der Waals surface area contributed by atoms with Crippen LogP contribution in [0.1, 0.15) is 29.8 Å². The first-order valence-corrected chi connectivity index (χ1v) is 8.87. The second-order valence-electron chi connectivity index (χ2n) is 5.55. The average molecular weight is 376 g/mol. The number of anilines is 2. The molecule has 0 aliphatic heterocycles. The molecule has 9 heteroatoms. The summed E-state index contributed by atoms with van der Waals surface area (Å²) in [5, 5.41) is 14.1. The number of para-hydroxylation sites is 1. The van der Waals surface area contributed by atoms with Crippen molar-refractivity contribution in [3.63, 3.8) is 0 Å². The number of hydrogen-bond acceptors (Lipinski definition) is 7. The maximum Gasteiger partial charge on any atom is 0.306 e. The molecule has 2 N–H and O–H groups in total. The molecule has 0 aliphatic carbocycles. The number of benzene rings is 1. The van der Waals surface area contributed by atoms with Crippen LogP contribution in [0.5, 0.6) is 0 Å². The third kappa shape index (κ3) is 6.60. The van der Waals surface area contributed by atoms with Crippen molar-refractivity contribution in [1.29, 1.82) is 0 Å². The van der Waals surface area contributed by atoms with E-state index in [1.54, 1.807) is 13.0 Å². The van der Waals surface area contributed by atoms with E-state index in [1.165, 1.54) is 11.3 Å². The van der Waals surface area contributed by atoms with Crippen LogP contribution in [0.15, 0.2) is 24.3 Å². The molecule has 0 radical (unpaired) electrons. The smallest absolute Gasteiger partial charge is 0.306 e. The van der Waals surface area contributed by atoms with Crippen LogP contribution in [0.4, 0.5) is 10.8 Å². The summed E-state index contributed by atoms with van der Waals surface area (Å²) in [5.74, 6) is -1.17. The molecule has 1 aromatic carbocycles. The normalized spacial score (nSPS) is 10.2. The van der Waals surface area contributed by atoms with E-state index in [1.807, 2.05) is 25.1 Å². The topological polar surface area (TPSA) is 110 Å². The van der Waals surface area contributed by atoms with Gasteiger partial charge >= 0.3 is 5.97 Å². The molecule has 1 heterocycles. The van der Waals surface area contributed by atoms with Crippen molar-refractivity contribution in [1.82, 2.24) is 10.2 Å². The summed E-state index contributed by atoms with van der Waals surface area (Å²) < 4.78 is 4.92. The third-order valence-corrected chi connectivity index (χ3v) is 4.09. The molecule has 26 heavy (non-hydrogen) atoms. The van der Waals surface area contributed by atoms with Gasteiger partial charge in [-0.3, -0.25) is 14.4 Å². The van der Waals surface area contributed by atoms with Crippen LogP contribution in [0.3, 0.4) is 0 Å². The number of carbonyl (C=O) groups excluding carboxylic acids is 3. The van der Waals surface area contributed by atoms with Crippen molar-refractivity contribution in [2.75, 3.05) is 17.2 Å². The predicted molar refractivity (Wildman–Crippen MR) is 97.9 cm³/mol. The highest BCUT2D eigenvalue weighted by Crippen LogP contribution is 2.14. The fraction of sp³-hybridized carbons (Fsp3) is 0.353. The van der Waals surface area contributed by atoms with Gasteiger partial charge in [0.15, 0.2) is 6.61 Å². The first-order valence-electron chi connectivity index (χ1n) is 8.05. The molecule has 0 saturated heterocycles. The molecule has 0 atom stereocenters. The van der Waals surface area contributed by atoms with Gasteiger partial charge < -0.3 is 15.4 Å². The SMILES string of the molecule is Cc1nnc(NC(=O)CCCC(=O)OCC(=O)Nc2ccccc2C)s1. The van der Waals surface area contributed by atoms with Gasteiger partial charge in [-0.2, -0.15) is 0 Å². The highest BCUT2D eigenvalue weighted by molar-refractivity contribution is 7.15. The Kier molecular flexibility index (Phi) is 7.22. The molecule has 2 rings (SSSR count). The predicted octanol–water partition coefficient (Wildman–Crippen LogP) is 2.45. The molecule has 0 saturated carbocycles. The lowest BCUT2D eigenvalue weighted by Crippen LogP contribution is -2.21. The molecule has 8 nitrogen and oxygen atoms in total. The Labute approximate surface area is 155 Å². The minimum Gasteiger partial charge on any atom is -0.456 e. The second kappa shape index (κ2) is 9.62. The van der Waals surface area contributed by atoms with E-state index in [0.717, 1.165) is 10.6 Å². The minimum atomic E-state index is -0.524. The first-order chi connectivity index (χ1) is 12.4. The molecule has 2 amide bonds. The van der Waals surface area contributed by atoms with Crippen LogP contribution in [-0.4, -0.2) is 34.6 Å². The lowest BCUT2D eigenvalue weighted by Gasteiger charge is -2.08. The lowest BCUT2D eigenvalue weighted by molar-refractivity contribution is -0.147. The highest BCUT2D eigenvalue weighted by Gasteiger charge is 2.11. The maximum atomic E-state index is 11.8. The molecule has 0 bridgehead atoms. The van der Waals surface area contributed by atoms with Crippen molar-refractivity contribution in [3.05, 3.63) is 34.8 Å². The summed E-state index contributed by atoms with van der Waals surface area (Å²) in [6.45, 7) is 3.30. The lowest BCUT2D eigenvalue weighted by atomic mass is 10.2. The molecule has 138 valence electrons. The van der Waals surface area contributed by atoms with E-state index in [4.69, 9.17) is 4.74 Å². The van der Waals surface area contributed by atoms with E-state index in [9.17, 15) is 14.4 Å². The molecule has 0 spiro atoms. The quantitative estimate of drug-likeness (QED) is 0.685. The zero-order valence-electron chi connectivity index (χ0n) is 14.6. The summed E-state index contributed by atoms with van der Waals surface area (Å²) in [5.41, 5.74) is 1.60. The van der Waals surface area contributed by atoms with Gasteiger partial charge in [0.25, 0.3) is 5.91 Å². The first kappa shape index (κ1) is 19.5. The van der Waals surface area contributed by atoms with E-state index in [2.05, 4.69) is 20.8 Å². The Morgan fingerprint density at radius 2 is 1.81 bits per heavy atom. The minimum absolute atomic E-state index is 0.0558. The van der Waals surface area contributed by atoms with Gasteiger partial charge in [0.1, 0.15) is 5.01 Å². The molecular formula is C17H20N4O4S. The Bertz CT molecular complexity index is 791. The van der Waals surface area contributed by atoms with Crippen LogP contribution >= 0.6 is 11.3 Å². The van der Waals surface area contributed by atoms with E-state index >= 15 is 0 Å². The van der Waals surface area contributed by atoms with Gasteiger partial charge in [-0.05, 0) is 31.9 Å². The van der Waals surface area contributed by atoms with Gasteiger partial charge in [-0.25, -0.2) is 0 Å². The van der Waals surface area contributed by atoms with Gasteiger partial charge in [0.2, 0.25) is 11.0 Å². The molecule has 1 aromatic heterocycles. The number of esters is 1. The van der Waals surface area contributed by atoms with Gasteiger partial charge in [-0.15, -0.1) is 10.2 Å². The fourth-order valence-corrected chi connectivity index (χ4v) is 2.65. The fourth-order valence-electron chi connectivity index (χ4n) is 2.04. The summed E-state index contributed by atoms with van der Waals surface area (Å²) >= 11 is 1.28. The summed E-state index contributed by atoms with van der Waals surface area (Å²) in [4.78, 5) is 35.2. The number of carbonyl (C=O) groups is 3. The monoisotopic (exact) mass is 376 g/mol. The summed E-state index contributed by atoms with van der Waals surface area (Å²) in [6, 6.07) is 7.32. The number of nitrogens with one attached hydrogen (secondary N) is 2. The van der Waals surface area contributed by atoms with Crippen LogP contribution in [-0.2, 0) is 19.1 Å². The van der Waals surface area contributed by atoms with Crippen molar-refractivity contribution in [2.24, 2.45) is 0 Å². The third-order valence-electron chi connectivity index (χ3n) is 3.34. The Morgan fingerprint density at radius 3 is 2.50 bits per heavy atom. The molecule has 0 aliphatic rings. The summed E-state index contributed by atoms with van der Waals surface area (Å²) in [7, 11) is 0. The van der Waals surface area contributed by atoms with E-state index in [0.29, 0.717) is 17.2 Å². The Balaban J connectivity index is 1.62. The maximum absolute atomic E-state index is 11.8. The van der Waals surface area contributed by atoms with E-state index < -0.39 is 11.9 Å². The highest BCUT2D eigenvalue weighted by atomic mass is 32.1. The van der Waals surface area contributed by atoms with Crippen molar-refractivity contribution >= 4 is 39.9 Å². The molecule has 0 unspecified atom stereocenters. The summed E-state index contributed by atoms with van der Waals surface area (Å²) in [6.07, 6.45) is 0.533. The number of ether oxygens (including phenoxy) is 1. The van der Waals surface area contributed by atoms with Crippen molar-refractivity contribution < 1.29 is 19.1 Å². The Morgan fingerprint density at radius 1 is 1.04 bits per heavy atom. The standard InChI is InChI=1S/C17H20N4O4S/c1-11-6-3-4-7-13(11)18-15(23)10-25-16(24)9-5-8-14(22)19-17-21-20-12(2)26-17/h3-4,6-7H,5,8-10H2,1-2H3,(H,18,23)(H,19,21,22). The number of nitrogens with zero attached hydrogens (tertiary/aromatic N) is 2. The second-order valence-corrected chi connectivity index (χ2v) is 6.73. The van der Waals surface area contributed by atoms with Crippen molar-refractivity contribution in [3.8, 4) is 0 Å². The van der Waals surface area contributed by atoms with E-state index in [-0.39, 0.29) is 25.4 Å². The molecule has 2 aromatic rings. The zero-order chi connectivity index (χ0) is 18.9. The molecule has 0 fully saturated rings. The van der Waals surface area contributed by atoms with Crippen LogP contribution in [0.25, 0.3) is 0 Å². The zero-order valence-corrected chi connectivity index (χ0v) is 15.4. The van der Waals surface area contributed by atoms with Gasteiger partial charge in [0.05, 0.1) is 0 Å².